The fraction of sp³-hybridized carbons (Fsp3) is 0.944. The molecule has 0 amide bonds. The summed E-state index contributed by atoms with van der Waals surface area (Å²) in [7, 11) is 0. The van der Waals surface area contributed by atoms with Gasteiger partial charge >= 0.3 is 0 Å². The number of thioether (sulfide) groups is 2. The van der Waals surface area contributed by atoms with E-state index in [4.69, 9.17) is 0 Å². The molecule has 0 radical (unpaired) electrons. The molecule has 0 bridgehead atoms. The Labute approximate surface area is 141 Å². The predicted octanol–water partition coefficient (Wildman–Crippen LogP) is 7.68. The number of rotatable bonds is 15. The third-order valence-electron chi connectivity index (χ3n) is 3.88. The highest BCUT2D eigenvalue weighted by atomic mass is 32.2. The first-order valence-electron chi connectivity index (χ1n) is 9.02. The van der Waals surface area contributed by atoms with Crippen LogP contribution in [-0.2, 0) is 0 Å². The van der Waals surface area contributed by atoms with Crippen LogP contribution >= 0.6 is 23.5 Å². The van der Waals surface area contributed by atoms with Gasteiger partial charge in [0.2, 0.25) is 4.45 Å². The quantitative estimate of drug-likeness (QED) is 0.286. The minimum Gasteiger partial charge on any atom is -0.274 e. The average Bonchev–Trinajstić information content (AvgIpc) is 2.50. The van der Waals surface area contributed by atoms with Crippen LogP contribution in [0.4, 0.5) is 4.79 Å². The van der Waals surface area contributed by atoms with Crippen molar-refractivity contribution in [2.24, 2.45) is 0 Å². The Hall–Kier alpha value is 0.370. The van der Waals surface area contributed by atoms with E-state index in [1.54, 1.807) is 0 Å². The molecular formula is C18H36OS2. The Kier molecular flexibility index (Phi) is 18.7. The second-order valence-electron chi connectivity index (χ2n) is 5.90. The van der Waals surface area contributed by atoms with E-state index in [1.807, 2.05) is 6.26 Å². The van der Waals surface area contributed by atoms with Crippen LogP contribution in [0.2, 0.25) is 0 Å². The Morgan fingerprint density at radius 2 is 1.05 bits per heavy atom. The van der Waals surface area contributed by atoms with Gasteiger partial charge < -0.3 is 0 Å². The zero-order valence-electron chi connectivity index (χ0n) is 14.3. The zero-order valence-corrected chi connectivity index (χ0v) is 16.0. The molecule has 0 aromatic rings. The highest BCUT2D eigenvalue weighted by molar-refractivity contribution is 8.38. The lowest BCUT2D eigenvalue weighted by Gasteiger charge is -2.03. The smallest absolute Gasteiger partial charge is 0.245 e. The first-order valence-corrected chi connectivity index (χ1v) is 11.2. The summed E-state index contributed by atoms with van der Waals surface area (Å²) >= 11 is 2.82. The fourth-order valence-corrected chi connectivity index (χ4v) is 3.75. The molecule has 0 saturated carbocycles. The average molecular weight is 333 g/mol. The van der Waals surface area contributed by atoms with Gasteiger partial charge in [0.05, 0.1) is 0 Å². The van der Waals surface area contributed by atoms with Crippen LogP contribution in [0.1, 0.15) is 96.8 Å². The first-order chi connectivity index (χ1) is 10.3. The maximum atomic E-state index is 11.1. The highest BCUT2D eigenvalue weighted by Crippen LogP contribution is 2.17. The van der Waals surface area contributed by atoms with Gasteiger partial charge in [0.15, 0.2) is 0 Å². The molecule has 0 aliphatic carbocycles. The molecule has 0 aliphatic rings. The van der Waals surface area contributed by atoms with Crippen LogP contribution < -0.4 is 0 Å². The second-order valence-corrected chi connectivity index (χ2v) is 8.00. The summed E-state index contributed by atoms with van der Waals surface area (Å²) in [5.74, 6) is 1.01. The largest absolute Gasteiger partial charge is 0.274 e. The predicted molar refractivity (Wildman–Crippen MR) is 102 cm³/mol. The normalized spacial score (nSPS) is 11.0. The Balaban J connectivity index is 2.98. The molecule has 0 rings (SSSR count). The van der Waals surface area contributed by atoms with Crippen molar-refractivity contribution in [2.75, 3.05) is 12.0 Å². The molecule has 0 heterocycles. The summed E-state index contributed by atoms with van der Waals surface area (Å²) in [6, 6.07) is 0. The van der Waals surface area contributed by atoms with Gasteiger partial charge in [-0.3, -0.25) is 4.79 Å². The van der Waals surface area contributed by atoms with E-state index in [1.165, 1.54) is 113 Å². The van der Waals surface area contributed by atoms with Crippen molar-refractivity contribution in [3.8, 4) is 0 Å². The van der Waals surface area contributed by atoms with E-state index in [-0.39, 0.29) is 4.45 Å². The van der Waals surface area contributed by atoms with Gasteiger partial charge in [-0.05, 0) is 12.7 Å². The summed E-state index contributed by atoms with van der Waals surface area (Å²) in [4.78, 5) is 11.1. The molecule has 0 spiro atoms. The van der Waals surface area contributed by atoms with Gasteiger partial charge in [-0.25, -0.2) is 0 Å². The minimum atomic E-state index is 0.268. The molecule has 126 valence electrons. The number of hydrogen-bond acceptors (Lipinski definition) is 3. The summed E-state index contributed by atoms with van der Waals surface area (Å²) in [6.45, 7) is 2.28. The molecule has 0 atom stereocenters. The van der Waals surface area contributed by atoms with Crippen LogP contribution in [0.15, 0.2) is 0 Å². The van der Waals surface area contributed by atoms with Crippen LogP contribution in [0.5, 0.6) is 0 Å². The molecule has 0 N–H and O–H groups in total. The van der Waals surface area contributed by atoms with Gasteiger partial charge in [0.25, 0.3) is 0 Å². The second kappa shape index (κ2) is 18.4. The van der Waals surface area contributed by atoms with E-state index in [0.717, 1.165) is 5.75 Å². The molecule has 0 aliphatic heterocycles. The molecule has 0 aromatic heterocycles. The third-order valence-corrected chi connectivity index (χ3v) is 5.80. The maximum absolute atomic E-state index is 11.1. The SMILES string of the molecule is CCCCCCCCCCCCCCCCSC(=O)SC. The third kappa shape index (κ3) is 18.3. The summed E-state index contributed by atoms with van der Waals surface area (Å²) in [5.41, 5.74) is 0. The Bertz CT molecular complexity index is 219. The van der Waals surface area contributed by atoms with Crippen molar-refractivity contribution in [2.45, 2.75) is 96.8 Å². The molecule has 21 heavy (non-hydrogen) atoms. The lowest BCUT2D eigenvalue weighted by Crippen LogP contribution is -1.86. The zero-order chi connectivity index (χ0) is 15.6. The van der Waals surface area contributed by atoms with Crippen LogP contribution in [0, 0.1) is 0 Å². The number of carbonyl (C=O) groups is 1. The van der Waals surface area contributed by atoms with Crippen LogP contribution in [-0.4, -0.2) is 16.5 Å². The summed E-state index contributed by atoms with van der Waals surface area (Å²) < 4.78 is 0.268. The van der Waals surface area contributed by atoms with E-state index >= 15 is 0 Å². The van der Waals surface area contributed by atoms with E-state index in [0.29, 0.717) is 0 Å². The van der Waals surface area contributed by atoms with Gasteiger partial charge in [0.1, 0.15) is 0 Å². The topological polar surface area (TPSA) is 17.1 Å². The standard InChI is InChI=1S/C18H36OS2/c1-3-4-5-6-7-8-9-10-11-12-13-14-15-16-17-21-18(19)20-2/h3-17H2,1-2H3. The van der Waals surface area contributed by atoms with Crippen molar-refractivity contribution >= 4 is 28.0 Å². The molecule has 3 heteroatoms. The van der Waals surface area contributed by atoms with Crippen LogP contribution in [0.3, 0.4) is 0 Å². The number of hydrogen-bond donors (Lipinski definition) is 0. The first kappa shape index (κ1) is 21.4. The Morgan fingerprint density at radius 1 is 0.667 bits per heavy atom. The molecule has 0 fully saturated rings. The summed E-state index contributed by atoms with van der Waals surface area (Å²) in [5, 5.41) is 0. The number of unbranched alkanes of at least 4 members (excludes halogenated alkanes) is 13. The van der Waals surface area contributed by atoms with Crippen molar-refractivity contribution < 1.29 is 4.79 Å². The maximum Gasteiger partial charge on any atom is 0.245 e. The molecule has 0 unspecified atom stereocenters. The van der Waals surface area contributed by atoms with Crippen molar-refractivity contribution in [3.05, 3.63) is 0 Å². The molecule has 0 aromatic carbocycles. The van der Waals surface area contributed by atoms with Gasteiger partial charge in [-0.2, -0.15) is 0 Å². The van der Waals surface area contributed by atoms with Gasteiger partial charge in [-0.1, -0.05) is 114 Å². The monoisotopic (exact) mass is 332 g/mol. The molecular weight excluding hydrogens is 296 g/mol. The Morgan fingerprint density at radius 3 is 1.43 bits per heavy atom. The minimum absolute atomic E-state index is 0.268. The summed E-state index contributed by atoms with van der Waals surface area (Å²) in [6.07, 6.45) is 21.4. The van der Waals surface area contributed by atoms with E-state index in [9.17, 15) is 4.79 Å². The number of carbonyl (C=O) groups excluding carboxylic acids is 1. The lowest BCUT2D eigenvalue weighted by atomic mass is 10.0. The fourth-order valence-electron chi connectivity index (χ4n) is 2.51. The highest BCUT2D eigenvalue weighted by Gasteiger charge is 1.99. The van der Waals surface area contributed by atoms with Gasteiger partial charge in [-0.15, -0.1) is 0 Å². The van der Waals surface area contributed by atoms with E-state index in [2.05, 4.69) is 6.92 Å². The van der Waals surface area contributed by atoms with Crippen molar-refractivity contribution in [3.63, 3.8) is 0 Å². The van der Waals surface area contributed by atoms with Gasteiger partial charge in [0, 0.05) is 5.75 Å². The molecule has 1 nitrogen and oxygen atoms in total. The van der Waals surface area contributed by atoms with Crippen molar-refractivity contribution in [1.29, 1.82) is 0 Å². The van der Waals surface area contributed by atoms with Crippen LogP contribution in [0.25, 0.3) is 0 Å². The molecule has 0 saturated heterocycles. The van der Waals surface area contributed by atoms with E-state index < -0.39 is 0 Å². The lowest BCUT2D eigenvalue weighted by molar-refractivity contribution is 0.276. The van der Waals surface area contributed by atoms with Crippen molar-refractivity contribution in [1.82, 2.24) is 0 Å².